The quantitative estimate of drug-likeness (QED) is 0.247. The smallest absolute Gasteiger partial charge is 0.336 e. The van der Waals surface area contributed by atoms with Crippen LogP contribution in [0, 0.1) is 17.0 Å². The van der Waals surface area contributed by atoms with Crippen molar-refractivity contribution in [3.8, 4) is 5.75 Å². The standard InChI is InChI=1S/C25H19N3O7/c1-15-12-23(29)35-22-13-20(10-11-21(15)22)34-14-16-2-4-17(5-3-16)24(30)26-27-25(31)18-6-8-19(9-7-18)28(32)33/h2-13H,14H2,1H3,(H,26,30)(H,27,31). The van der Waals surface area contributed by atoms with Gasteiger partial charge in [0.25, 0.3) is 17.5 Å². The monoisotopic (exact) mass is 473 g/mol. The summed E-state index contributed by atoms with van der Waals surface area (Å²) in [5.74, 6) is -0.616. The summed E-state index contributed by atoms with van der Waals surface area (Å²) in [4.78, 5) is 46.1. The van der Waals surface area contributed by atoms with Crippen molar-refractivity contribution < 1.29 is 23.7 Å². The van der Waals surface area contributed by atoms with Crippen molar-refractivity contribution in [2.45, 2.75) is 13.5 Å². The number of rotatable bonds is 6. The maximum atomic E-state index is 12.3. The van der Waals surface area contributed by atoms with Gasteiger partial charge in [0, 0.05) is 40.8 Å². The Bertz CT molecular complexity index is 1480. The largest absolute Gasteiger partial charge is 0.489 e. The Labute approximate surface area is 198 Å². The molecule has 35 heavy (non-hydrogen) atoms. The molecule has 176 valence electrons. The number of carbonyl (C=O) groups is 2. The lowest BCUT2D eigenvalue weighted by Gasteiger charge is -2.09. The van der Waals surface area contributed by atoms with Crippen LogP contribution in [-0.4, -0.2) is 16.7 Å². The van der Waals surface area contributed by atoms with E-state index in [0.717, 1.165) is 16.5 Å². The van der Waals surface area contributed by atoms with Crippen LogP contribution in [0.1, 0.15) is 31.8 Å². The molecule has 10 heteroatoms. The van der Waals surface area contributed by atoms with Crippen molar-refractivity contribution in [2.24, 2.45) is 0 Å². The van der Waals surface area contributed by atoms with E-state index in [0.29, 0.717) is 16.9 Å². The fourth-order valence-electron chi connectivity index (χ4n) is 3.31. The molecule has 10 nitrogen and oxygen atoms in total. The molecule has 0 fully saturated rings. The van der Waals surface area contributed by atoms with Gasteiger partial charge in [-0.1, -0.05) is 12.1 Å². The molecule has 0 spiro atoms. The van der Waals surface area contributed by atoms with Crippen molar-refractivity contribution in [1.82, 2.24) is 10.9 Å². The van der Waals surface area contributed by atoms with Crippen molar-refractivity contribution >= 4 is 28.5 Å². The first-order valence-electron chi connectivity index (χ1n) is 10.4. The molecule has 4 aromatic rings. The molecule has 0 aliphatic rings. The molecule has 2 N–H and O–H groups in total. The topological polar surface area (TPSA) is 141 Å². The predicted octanol–water partition coefficient (Wildman–Crippen LogP) is 3.66. The summed E-state index contributed by atoms with van der Waals surface area (Å²) in [5.41, 5.74) is 6.52. The van der Waals surface area contributed by atoms with Gasteiger partial charge in [0.2, 0.25) is 0 Å². The second-order valence-electron chi connectivity index (χ2n) is 7.60. The van der Waals surface area contributed by atoms with Crippen LogP contribution in [0.3, 0.4) is 0 Å². The molecule has 0 aliphatic heterocycles. The van der Waals surface area contributed by atoms with Gasteiger partial charge in [-0.15, -0.1) is 0 Å². The zero-order chi connectivity index (χ0) is 24.9. The molecule has 1 heterocycles. The number of benzene rings is 3. The molecule has 3 aromatic carbocycles. The Hall–Kier alpha value is -4.99. The highest BCUT2D eigenvalue weighted by molar-refractivity contribution is 5.99. The fraction of sp³-hybridized carbons (Fsp3) is 0.0800. The van der Waals surface area contributed by atoms with Gasteiger partial charge in [-0.25, -0.2) is 4.79 Å². The third-order valence-corrected chi connectivity index (χ3v) is 5.17. The molecule has 0 saturated carbocycles. The van der Waals surface area contributed by atoms with Gasteiger partial charge in [0.1, 0.15) is 17.9 Å². The number of non-ortho nitro benzene ring substituents is 1. The van der Waals surface area contributed by atoms with Crippen LogP contribution < -0.4 is 21.2 Å². The molecular weight excluding hydrogens is 454 g/mol. The van der Waals surface area contributed by atoms with Crippen molar-refractivity contribution in [3.63, 3.8) is 0 Å². The van der Waals surface area contributed by atoms with Crippen LogP contribution >= 0.6 is 0 Å². The number of fused-ring (bicyclic) bond motifs is 1. The average molecular weight is 473 g/mol. The van der Waals surface area contributed by atoms with Crippen molar-refractivity contribution in [3.05, 3.63) is 116 Å². The summed E-state index contributed by atoms with van der Waals surface area (Å²) < 4.78 is 11.0. The maximum absolute atomic E-state index is 12.3. The van der Waals surface area contributed by atoms with Crippen molar-refractivity contribution in [2.75, 3.05) is 0 Å². The lowest BCUT2D eigenvalue weighted by atomic mass is 10.1. The Morgan fingerprint density at radius 1 is 0.914 bits per heavy atom. The summed E-state index contributed by atoms with van der Waals surface area (Å²) in [6.45, 7) is 2.05. The predicted molar refractivity (Wildman–Crippen MR) is 126 cm³/mol. The van der Waals surface area contributed by atoms with E-state index in [1.54, 1.807) is 36.4 Å². The van der Waals surface area contributed by atoms with E-state index in [1.165, 1.54) is 30.3 Å². The second kappa shape index (κ2) is 9.87. The summed E-state index contributed by atoms with van der Waals surface area (Å²) >= 11 is 0. The number of aryl methyl sites for hydroxylation is 1. The Balaban J connectivity index is 1.32. The molecule has 0 aliphatic carbocycles. The molecule has 0 unspecified atom stereocenters. The van der Waals surface area contributed by atoms with Gasteiger partial charge in [0.15, 0.2) is 0 Å². The van der Waals surface area contributed by atoms with Gasteiger partial charge >= 0.3 is 5.63 Å². The number of carbonyl (C=O) groups excluding carboxylic acids is 2. The third-order valence-electron chi connectivity index (χ3n) is 5.17. The van der Waals surface area contributed by atoms with E-state index in [2.05, 4.69) is 10.9 Å². The number of hydrogen-bond acceptors (Lipinski definition) is 7. The van der Waals surface area contributed by atoms with Crippen LogP contribution in [0.25, 0.3) is 11.0 Å². The van der Waals surface area contributed by atoms with Crippen molar-refractivity contribution in [1.29, 1.82) is 0 Å². The summed E-state index contributed by atoms with van der Waals surface area (Å²) in [5, 5.41) is 11.5. The highest BCUT2D eigenvalue weighted by atomic mass is 16.6. The highest BCUT2D eigenvalue weighted by Crippen LogP contribution is 2.23. The Morgan fingerprint density at radius 3 is 2.11 bits per heavy atom. The summed E-state index contributed by atoms with van der Waals surface area (Å²) in [6, 6.07) is 18.2. The summed E-state index contributed by atoms with van der Waals surface area (Å²) in [7, 11) is 0. The molecule has 0 saturated heterocycles. The molecule has 1 aromatic heterocycles. The number of hydrazine groups is 1. The van der Waals surface area contributed by atoms with Crippen LogP contribution in [0.15, 0.2) is 82.0 Å². The van der Waals surface area contributed by atoms with Gasteiger partial charge in [-0.2, -0.15) is 0 Å². The first kappa shape index (κ1) is 23.2. The first-order chi connectivity index (χ1) is 16.8. The van der Waals surface area contributed by atoms with E-state index in [4.69, 9.17) is 9.15 Å². The van der Waals surface area contributed by atoms with E-state index in [1.807, 2.05) is 13.0 Å². The third kappa shape index (κ3) is 5.50. The number of ether oxygens (including phenoxy) is 1. The molecule has 0 bridgehead atoms. The number of amides is 2. The van der Waals surface area contributed by atoms with Crippen LogP contribution in [-0.2, 0) is 6.61 Å². The normalized spacial score (nSPS) is 10.5. The molecular formula is C25H19N3O7. The van der Waals surface area contributed by atoms with Crippen LogP contribution in [0.4, 0.5) is 5.69 Å². The molecule has 0 atom stereocenters. The van der Waals surface area contributed by atoms with Crippen LogP contribution in [0.2, 0.25) is 0 Å². The zero-order valence-electron chi connectivity index (χ0n) is 18.4. The van der Waals surface area contributed by atoms with E-state index >= 15 is 0 Å². The number of nitrogens with zero attached hydrogens (tertiary/aromatic N) is 1. The zero-order valence-corrected chi connectivity index (χ0v) is 18.4. The minimum atomic E-state index is -0.611. The maximum Gasteiger partial charge on any atom is 0.336 e. The van der Waals surface area contributed by atoms with Gasteiger partial charge in [-0.3, -0.25) is 30.6 Å². The Morgan fingerprint density at radius 2 is 1.51 bits per heavy atom. The molecule has 0 radical (unpaired) electrons. The number of nitro groups is 1. The molecule has 4 rings (SSSR count). The van der Waals surface area contributed by atoms with Crippen LogP contribution in [0.5, 0.6) is 5.75 Å². The highest BCUT2D eigenvalue weighted by Gasteiger charge is 2.12. The first-order valence-corrected chi connectivity index (χ1v) is 10.4. The second-order valence-corrected chi connectivity index (χ2v) is 7.60. The molecule has 2 amide bonds. The average Bonchev–Trinajstić information content (AvgIpc) is 2.85. The number of hydrogen-bond donors (Lipinski definition) is 2. The van der Waals surface area contributed by atoms with E-state index in [9.17, 15) is 24.5 Å². The SMILES string of the molecule is Cc1cc(=O)oc2cc(OCc3ccc(C(=O)NNC(=O)c4ccc([N+](=O)[O-])cc4)cc3)ccc12. The number of nitro benzene ring substituents is 1. The van der Waals surface area contributed by atoms with Gasteiger partial charge < -0.3 is 9.15 Å². The lowest BCUT2D eigenvalue weighted by molar-refractivity contribution is -0.384. The fourth-order valence-corrected chi connectivity index (χ4v) is 3.31. The van der Waals surface area contributed by atoms with Gasteiger partial charge in [-0.05, 0) is 54.4 Å². The Kier molecular flexibility index (Phi) is 6.54. The van der Waals surface area contributed by atoms with E-state index < -0.39 is 22.4 Å². The minimum Gasteiger partial charge on any atom is -0.489 e. The minimum absolute atomic E-state index is 0.142. The van der Waals surface area contributed by atoms with E-state index in [-0.39, 0.29) is 17.9 Å². The van der Waals surface area contributed by atoms with Gasteiger partial charge in [0.05, 0.1) is 4.92 Å². The lowest BCUT2D eigenvalue weighted by Crippen LogP contribution is -2.41. The summed E-state index contributed by atoms with van der Waals surface area (Å²) in [6.07, 6.45) is 0. The number of nitrogens with one attached hydrogen (secondary N) is 2.